The minimum absolute atomic E-state index is 0.0132. The van der Waals surface area contributed by atoms with Gasteiger partial charge < -0.3 is 15.3 Å². The summed E-state index contributed by atoms with van der Waals surface area (Å²) in [7, 11) is 1.66. The molecule has 6 heteroatoms. The number of hydrogen-bond donors (Lipinski definition) is 2. The van der Waals surface area contributed by atoms with Crippen LogP contribution in [0.2, 0.25) is 0 Å². The first-order valence-corrected chi connectivity index (χ1v) is 11.1. The molecule has 2 saturated heterocycles. The van der Waals surface area contributed by atoms with Crippen LogP contribution in [0.4, 0.5) is 5.69 Å². The lowest BCUT2D eigenvalue weighted by Gasteiger charge is -2.20. The molecule has 2 aromatic rings. The molecule has 31 heavy (non-hydrogen) atoms. The molecule has 1 unspecified atom stereocenters. The molecule has 2 N–H and O–H groups in total. The highest BCUT2D eigenvalue weighted by atomic mass is 16.3. The van der Waals surface area contributed by atoms with E-state index in [1.165, 1.54) is 42.0 Å². The number of nitrogens with zero attached hydrogens (tertiary/aromatic N) is 2. The van der Waals surface area contributed by atoms with Gasteiger partial charge in [0.05, 0.1) is 0 Å². The van der Waals surface area contributed by atoms with Crippen molar-refractivity contribution in [1.82, 2.24) is 9.80 Å². The van der Waals surface area contributed by atoms with Gasteiger partial charge in [0.15, 0.2) is 0 Å². The van der Waals surface area contributed by atoms with Crippen LogP contribution in [0.1, 0.15) is 47.9 Å². The third-order valence-corrected chi connectivity index (χ3v) is 6.54. The fourth-order valence-electron chi connectivity index (χ4n) is 4.61. The summed E-state index contributed by atoms with van der Waals surface area (Å²) in [6.45, 7) is 5.51. The standard InChI is InChI=1S/C25H31N3O3/c1-17-13-18(5-6-20(17)16-28-11-3-4-12-28)14-19-7-8-21(29)15-22(19)26-25(31)23-9-10-24(30)27(23)2/h5-8,13,15,23,29H,3-4,9-12,14,16H2,1-2H3,(H,26,31). The van der Waals surface area contributed by atoms with Crippen LogP contribution in [0.3, 0.4) is 0 Å². The van der Waals surface area contributed by atoms with Crippen LogP contribution in [0.25, 0.3) is 0 Å². The SMILES string of the molecule is Cc1cc(Cc2ccc(O)cc2NC(=O)C2CCC(=O)N2C)ccc1CN1CCCC1. The van der Waals surface area contributed by atoms with E-state index in [9.17, 15) is 14.7 Å². The molecule has 0 aliphatic carbocycles. The average Bonchev–Trinajstić information content (AvgIpc) is 3.36. The Morgan fingerprint density at radius 1 is 1.13 bits per heavy atom. The van der Waals surface area contributed by atoms with Gasteiger partial charge in [-0.1, -0.05) is 24.3 Å². The molecular weight excluding hydrogens is 390 g/mol. The molecule has 0 radical (unpaired) electrons. The van der Waals surface area contributed by atoms with Crippen LogP contribution in [0, 0.1) is 6.92 Å². The normalized spacial score (nSPS) is 19.2. The summed E-state index contributed by atoms with van der Waals surface area (Å²) in [6.07, 6.45) is 4.15. The molecule has 1 atom stereocenters. The maximum absolute atomic E-state index is 12.8. The molecule has 2 aliphatic rings. The Kier molecular flexibility index (Phi) is 6.28. The number of carbonyl (C=O) groups is 2. The number of phenolic OH excluding ortho intramolecular Hbond substituents is 1. The van der Waals surface area contributed by atoms with E-state index < -0.39 is 6.04 Å². The Hall–Kier alpha value is -2.86. The molecule has 2 aromatic carbocycles. The summed E-state index contributed by atoms with van der Waals surface area (Å²) in [4.78, 5) is 28.5. The predicted octanol–water partition coefficient (Wildman–Crippen LogP) is 3.45. The summed E-state index contributed by atoms with van der Waals surface area (Å²) in [5, 5.41) is 12.9. The van der Waals surface area contributed by atoms with E-state index in [-0.39, 0.29) is 17.6 Å². The van der Waals surface area contributed by atoms with Gasteiger partial charge in [-0.05, 0) is 74.0 Å². The number of carbonyl (C=O) groups excluding carboxylic acids is 2. The second kappa shape index (κ2) is 9.10. The van der Waals surface area contributed by atoms with Crippen molar-refractivity contribution in [3.63, 3.8) is 0 Å². The number of likely N-dealkylation sites (tertiary alicyclic amines) is 2. The fraction of sp³-hybridized carbons (Fsp3) is 0.440. The predicted molar refractivity (Wildman–Crippen MR) is 121 cm³/mol. The van der Waals surface area contributed by atoms with Crippen LogP contribution in [-0.4, -0.2) is 52.9 Å². The van der Waals surface area contributed by atoms with Gasteiger partial charge in [-0.15, -0.1) is 0 Å². The van der Waals surface area contributed by atoms with Crippen molar-refractivity contribution in [2.24, 2.45) is 0 Å². The van der Waals surface area contributed by atoms with E-state index >= 15 is 0 Å². The van der Waals surface area contributed by atoms with Crippen molar-refractivity contribution >= 4 is 17.5 Å². The fourth-order valence-corrected chi connectivity index (χ4v) is 4.61. The molecule has 0 aromatic heterocycles. The smallest absolute Gasteiger partial charge is 0.247 e. The van der Waals surface area contributed by atoms with Crippen molar-refractivity contribution in [3.8, 4) is 5.75 Å². The van der Waals surface area contributed by atoms with E-state index in [1.54, 1.807) is 19.2 Å². The van der Waals surface area contributed by atoms with Gasteiger partial charge in [-0.2, -0.15) is 0 Å². The second-order valence-electron chi connectivity index (χ2n) is 8.81. The molecule has 2 fully saturated rings. The van der Waals surface area contributed by atoms with Crippen molar-refractivity contribution in [2.45, 2.75) is 51.6 Å². The van der Waals surface area contributed by atoms with Crippen LogP contribution < -0.4 is 5.32 Å². The van der Waals surface area contributed by atoms with Gasteiger partial charge in [0.25, 0.3) is 0 Å². The number of hydrogen-bond acceptors (Lipinski definition) is 4. The lowest BCUT2D eigenvalue weighted by atomic mass is 9.98. The molecule has 164 valence electrons. The molecular formula is C25H31N3O3. The minimum atomic E-state index is -0.463. The Bertz CT molecular complexity index is 982. The lowest BCUT2D eigenvalue weighted by Crippen LogP contribution is -2.39. The minimum Gasteiger partial charge on any atom is -0.508 e. The van der Waals surface area contributed by atoms with Gasteiger partial charge in [-0.3, -0.25) is 14.5 Å². The molecule has 0 saturated carbocycles. The van der Waals surface area contributed by atoms with Crippen LogP contribution in [0.15, 0.2) is 36.4 Å². The van der Waals surface area contributed by atoms with E-state index in [0.29, 0.717) is 24.9 Å². The highest BCUT2D eigenvalue weighted by Gasteiger charge is 2.33. The van der Waals surface area contributed by atoms with Gasteiger partial charge >= 0.3 is 0 Å². The first-order valence-electron chi connectivity index (χ1n) is 11.1. The maximum Gasteiger partial charge on any atom is 0.247 e. The largest absolute Gasteiger partial charge is 0.508 e. The first-order chi connectivity index (χ1) is 14.9. The summed E-state index contributed by atoms with van der Waals surface area (Å²) in [6, 6.07) is 11.2. The first kappa shape index (κ1) is 21.4. The Labute approximate surface area is 183 Å². The zero-order valence-electron chi connectivity index (χ0n) is 18.4. The summed E-state index contributed by atoms with van der Waals surface area (Å²) < 4.78 is 0. The van der Waals surface area contributed by atoms with Crippen molar-refractivity contribution in [2.75, 3.05) is 25.5 Å². The number of nitrogens with one attached hydrogen (secondary N) is 1. The maximum atomic E-state index is 12.8. The third-order valence-electron chi connectivity index (χ3n) is 6.54. The monoisotopic (exact) mass is 421 g/mol. The van der Waals surface area contributed by atoms with Crippen molar-refractivity contribution in [3.05, 3.63) is 58.7 Å². The number of aryl methyl sites for hydroxylation is 1. The van der Waals surface area contributed by atoms with Gasteiger partial charge in [0.2, 0.25) is 11.8 Å². The number of likely N-dealkylation sites (N-methyl/N-ethyl adjacent to an activating group) is 1. The van der Waals surface area contributed by atoms with Crippen molar-refractivity contribution < 1.29 is 14.7 Å². The number of rotatable bonds is 6. The summed E-state index contributed by atoms with van der Waals surface area (Å²) >= 11 is 0. The Balaban J connectivity index is 1.49. The molecule has 0 bridgehead atoms. The summed E-state index contributed by atoms with van der Waals surface area (Å²) in [5.74, 6) is -0.120. The number of anilines is 1. The zero-order chi connectivity index (χ0) is 22.0. The van der Waals surface area contributed by atoms with Crippen LogP contribution >= 0.6 is 0 Å². The Morgan fingerprint density at radius 3 is 2.55 bits per heavy atom. The molecule has 6 nitrogen and oxygen atoms in total. The highest BCUT2D eigenvalue weighted by molar-refractivity contribution is 5.99. The molecule has 2 aliphatic heterocycles. The second-order valence-corrected chi connectivity index (χ2v) is 8.81. The molecule has 2 amide bonds. The van der Waals surface area contributed by atoms with E-state index in [0.717, 1.165) is 17.7 Å². The number of benzene rings is 2. The molecule has 2 heterocycles. The Morgan fingerprint density at radius 2 is 1.87 bits per heavy atom. The van der Waals surface area contributed by atoms with Crippen LogP contribution in [-0.2, 0) is 22.6 Å². The van der Waals surface area contributed by atoms with E-state index in [1.807, 2.05) is 6.07 Å². The van der Waals surface area contributed by atoms with E-state index in [4.69, 9.17) is 0 Å². The number of phenols is 1. The average molecular weight is 422 g/mol. The quantitative estimate of drug-likeness (QED) is 0.749. The van der Waals surface area contributed by atoms with Crippen molar-refractivity contribution in [1.29, 1.82) is 0 Å². The van der Waals surface area contributed by atoms with E-state index in [2.05, 4.69) is 35.3 Å². The number of amides is 2. The highest BCUT2D eigenvalue weighted by Crippen LogP contribution is 2.27. The topological polar surface area (TPSA) is 72.9 Å². The third kappa shape index (κ3) is 4.90. The molecule has 0 spiro atoms. The zero-order valence-corrected chi connectivity index (χ0v) is 18.4. The van der Waals surface area contributed by atoms with Crippen LogP contribution in [0.5, 0.6) is 5.75 Å². The van der Waals surface area contributed by atoms with Gasteiger partial charge in [0, 0.05) is 31.8 Å². The summed E-state index contributed by atoms with van der Waals surface area (Å²) in [5.41, 5.74) is 5.33. The number of aromatic hydroxyl groups is 1. The molecule has 4 rings (SSSR count). The van der Waals surface area contributed by atoms with Gasteiger partial charge in [0.1, 0.15) is 11.8 Å². The lowest BCUT2D eigenvalue weighted by molar-refractivity contribution is -0.131. The van der Waals surface area contributed by atoms with Gasteiger partial charge in [-0.25, -0.2) is 0 Å².